The molecule has 0 aromatic heterocycles. The van der Waals surface area contributed by atoms with Gasteiger partial charge in [0.25, 0.3) is 0 Å². The molecule has 0 saturated carbocycles. The van der Waals surface area contributed by atoms with Gasteiger partial charge in [-0.05, 0) is 19.4 Å². The molecule has 0 spiro atoms. The summed E-state index contributed by atoms with van der Waals surface area (Å²) in [6.07, 6.45) is 1.72. The van der Waals surface area contributed by atoms with E-state index in [1.54, 1.807) is 0 Å². The van der Waals surface area contributed by atoms with Crippen LogP contribution in [0.5, 0.6) is 0 Å². The zero-order valence-electron chi connectivity index (χ0n) is 7.25. The number of carbonyl (C=O) groups is 2. The third kappa shape index (κ3) is 2.49. The topological polar surface area (TPSA) is 72.2 Å². The van der Waals surface area contributed by atoms with Gasteiger partial charge in [0.2, 0.25) is 0 Å². The first-order chi connectivity index (χ1) is 6.16. The third-order valence-corrected chi connectivity index (χ3v) is 2.60. The van der Waals surface area contributed by atoms with Gasteiger partial charge in [0, 0.05) is 0 Å². The molecule has 1 aliphatic rings. The van der Waals surface area contributed by atoms with Crippen LogP contribution >= 0.6 is 11.6 Å². The fourth-order valence-corrected chi connectivity index (χ4v) is 1.61. The largest absolute Gasteiger partial charge is 0.324 e. The summed E-state index contributed by atoms with van der Waals surface area (Å²) in [7, 11) is 0. The van der Waals surface area contributed by atoms with E-state index in [1.807, 2.05) is 0 Å². The van der Waals surface area contributed by atoms with Crippen LogP contribution in [0.2, 0.25) is 0 Å². The molecule has 2 atom stereocenters. The summed E-state index contributed by atoms with van der Waals surface area (Å²) in [5, 5.41) is 1.92. The van der Waals surface area contributed by atoms with Crippen LogP contribution in [0.25, 0.3) is 0 Å². The Balaban J connectivity index is 2.50. The average Bonchev–Trinajstić information content (AvgIpc) is 2.67. The first-order valence-electron chi connectivity index (χ1n) is 4.30. The summed E-state index contributed by atoms with van der Waals surface area (Å²) in [6.45, 7) is 0.642. The van der Waals surface area contributed by atoms with Gasteiger partial charge in [-0.2, -0.15) is 0 Å². The molecule has 4 nitrogen and oxygen atoms in total. The lowest BCUT2D eigenvalue weighted by Gasteiger charge is -2.11. The predicted octanol–water partition coefficient (Wildman–Crippen LogP) is -0.557. The molecule has 1 unspecified atom stereocenters. The highest BCUT2D eigenvalue weighted by molar-refractivity contribution is 6.43. The fourth-order valence-electron chi connectivity index (χ4n) is 1.37. The molecule has 0 aromatic rings. The molecule has 3 N–H and O–H groups in total. The zero-order chi connectivity index (χ0) is 9.84. The van der Waals surface area contributed by atoms with Crippen LogP contribution < -0.4 is 11.1 Å². The summed E-state index contributed by atoms with van der Waals surface area (Å²) in [4.78, 5) is 22.5. The van der Waals surface area contributed by atoms with Gasteiger partial charge in [0.1, 0.15) is 0 Å². The normalized spacial score (nSPS) is 24.3. The SMILES string of the molecule is NCC(=O)C(Cl)C(=O)[C@H]1CCCN1. The van der Waals surface area contributed by atoms with Crippen molar-refractivity contribution in [3.05, 3.63) is 0 Å². The highest BCUT2D eigenvalue weighted by Gasteiger charge is 2.31. The van der Waals surface area contributed by atoms with Crippen LogP contribution in [0.3, 0.4) is 0 Å². The molecule has 0 aliphatic carbocycles. The molecule has 1 saturated heterocycles. The molecular weight excluding hydrogens is 192 g/mol. The number of nitrogens with two attached hydrogens (primary N) is 1. The van der Waals surface area contributed by atoms with E-state index in [0.717, 1.165) is 19.4 Å². The smallest absolute Gasteiger partial charge is 0.175 e. The van der Waals surface area contributed by atoms with Crippen molar-refractivity contribution in [2.75, 3.05) is 13.1 Å². The van der Waals surface area contributed by atoms with Gasteiger partial charge in [-0.25, -0.2) is 0 Å². The maximum atomic E-state index is 11.5. The van der Waals surface area contributed by atoms with Crippen molar-refractivity contribution in [1.29, 1.82) is 0 Å². The van der Waals surface area contributed by atoms with Crippen LogP contribution in [-0.2, 0) is 9.59 Å². The van der Waals surface area contributed by atoms with Crippen LogP contribution in [0.4, 0.5) is 0 Å². The van der Waals surface area contributed by atoms with Crippen molar-refractivity contribution in [2.45, 2.75) is 24.3 Å². The Hall–Kier alpha value is -0.450. The molecule has 0 aromatic carbocycles. The predicted molar refractivity (Wildman–Crippen MR) is 49.7 cm³/mol. The lowest BCUT2D eigenvalue weighted by atomic mass is 10.1. The highest BCUT2D eigenvalue weighted by atomic mass is 35.5. The van der Waals surface area contributed by atoms with E-state index < -0.39 is 11.2 Å². The number of rotatable bonds is 4. The van der Waals surface area contributed by atoms with Crippen LogP contribution in [0, 0.1) is 0 Å². The van der Waals surface area contributed by atoms with E-state index >= 15 is 0 Å². The van der Waals surface area contributed by atoms with E-state index in [0.29, 0.717) is 0 Å². The van der Waals surface area contributed by atoms with Crippen LogP contribution in [0.15, 0.2) is 0 Å². The van der Waals surface area contributed by atoms with Crippen molar-refractivity contribution in [3.8, 4) is 0 Å². The summed E-state index contributed by atoms with van der Waals surface area (Å²) >= 11 is 5.64. The summed E-state index contributed by atoms with van der Waals surface area (Å²) in [5.41, 5.74) is 5.10. The second kappa shape index (κ2) is 4.69. The van der Waals surface area contributed by atoms with Crippen LogP contribution in [0.1, 0.15) is 12.8 Å². The first-order valence-corrected chi connectivity index (χ1v) is 4.74. The minimum absolute atomic E-state index is 0.174. The van der Waals surface area contributed by atoms with Gasteiger partial charge < -0.3 is 11.1 Å². The Bertz CT molecular complexity index is 214. The average molecular weight is 205 g/mol. The Morgan fingerprint density at radius 3 is 2.77 bits per heavy atom. The van der Waals surface area contributed by atoms with Gasteiger partial charge in [0.05, 0.1) is 12.6 Å². The van der Waals surface area contributed by atoms with Crippen molar-refractivity contribution in [2.24, 2.45) is 5.73 Å². The number of halogens is 1. The zero-order valence-corrected chi connectivity index (χ0v) is 8.01. The van der Waals surface area contributed by atoms with Crippen molar-refractivity contribution in [1.82, 2.24) is 5.32 Å². The van der Waals surface area contributed by atoms with E-state index in [-0.39, 0.29) is 18.4 Å². The van der Waals surface area contributed by atoms with E-state index in [9.17, 15) is 9.59 Å². The maximum Gasteiger partial charge on any atom is 0.175 e. The second-order valence-electron chi connectivity index (χ2n) is 3.08. The summed E-state index contributed by atoms with van der Waals surface area (Å²) < 4.78 is 0. The Morgan fingerprint density at radius 1 is 1.62 bits per heavy atom. The standard InChI is InChI=1S/C8H13ClN2O2/c9-7(6(12)4-10)8(13)5-2-1-3-11-5/h5,7,11H,1-4,10H2/t5-,7?/m1/s1. The van der Waals surface area contributed by atoms with Gasteiger partial charge in [-0.1, -0.05) is 0 Å². The number of hydrogen-bond acceptors (Lipinski definition) is 4. The molecule has 13 heavy (non-hydrogen) atoms. The monoisotopic (exact) mass is 204 g/mol. The number of Topliss-reactive ketones (excluding diaryl/α,β-unsaturated/α-hetero) is 2. The summed E-state index contributed by atoms with van der Waals surface area (Å²) in [6, 6.07) is -0.252. The number of hydrogen-bond donors (Lipinski definition) is 2. The minimum atomic E-state index is -1.07. The second-order valence-corrected chi connectivity index (χ2v) is 3.52. The molecule has 0 radical (unpaired) electrons. The molecule has 74 valence electrons. The van der Waals surface area contributed by atoms with E-state index in [4.69, 9.17) is 17.3 Å². The molecule has 0 bridgehead atoms. The highest BCUT2D eigenvalue weighted by Crippen LogP contribution is 2.11. The molecule has 5 heteroatoms. The van der Waals surface area contributed by atoms with Gasteiger partial charge in [-0.3, -0.25) is 9.59 Å². The van der Waals surface area contributed by atoms with Gasteiger partial charge in [-0.15, -0.1) is 11.6 Å². The number of alkyl halides is 1. The molecule has 1 heterocycles. The Morgan fingerprint density at radius 2 is 2.31 bits per heavy atom. The van der Waals surface area contributed by atoms with Crippen molar-refractivity contribution >= 4 is 23.2 Å². The van der Waals surface area contributed by atoms with E-state index in [1.165, 1.54) is 0 Å². The van der Waals surface area contributed by atoms with Crippen molar-refractivity contribution < 1.29 is 9.59 Å². The minimum Gasteiger partial charge on any atom is -0.324 e. The molecule has 1 aliphatic heterocycles. The van der Waals surface area contributed by atoms with Crippen molar-refractivity contribution in [3.63, 3.8) is 0 Å². The number of ketones is 2. The lowest BCUT2D eigenvalue weighted by molar-refractivity contribution is -0.126. The first kappa shape index (κ1) is 10.6. The molecule has 1 rings (SSSR count). The van der Waals surface area contributed by atoms with E-state index in [2.05, 4.69) is 5.32 Å². The lowest BCUT2D eigenvalue weighted by Crippen LogP contribution is -2.41. The fraction of sp³-hybridized carbons (Fsp3) is 0.750. The quantitative estimate of drug-likeness (QED) is 0.476. The Labute approximate surface area is 81.8 Å². The number of nitrogens with one attached hydrogen (secondary N) is 1. The number of carbonyl (C=O) groups excluding carboxylic acids is 2. The third-order valence-electron chi connectivity index (χ3n) is 2.14. The van der Waals surface area contributed by atoms with Crippen LogP contribution in [-0.4, -0.2) is 36.1 Å². The maximum absolute atomic E-state index is 11.5. The summed E-state index contributed by atoms with van der Waals surface area (Å²) in [5.74, 6) is -0.644. The Kier molecular flexibility index (Phi) is 3.84. The molecule has 0 amide bonds. The van der Waals surface area contributed by atoms with Gasteiger partial charge in [0.15, 0.2) is 16.9 Å². The molecule has 1 fully saturated rings. The molecular formula is C8H13ClN2O2. The van der Waals surface area contributed by atoms with Gasteiger partial charge >= 0.3 is 0 Å².